The molecule has 0 spiro atoms. The van der Waals surface area contributed by atoms with Gasteiger partial charge in [0.15, 0.2) is 0 Å². The zero-order valence-corrected chi connectivity index (χ0v) is 22.4. The van der Waals surface area contributed by atoms with E-state index in [-0.39, 0.29) is 17.6 Å². The largest absolute Gasteiger partial charge is 0.494 e. The second-order valence-corrected chi connectivity index (χ2v) is 9.92. The van der Waals surface area contributed by atoms with Crippen molar-refractivity contribution in [2.24, 2.45) is 0 Å². The SMILES string of the molecule is CCOc1ccc([C@H](CC(=O)NCCN2CCOCC2)c2cn(Cc3ccc(F)cc3)c3ccccc23)cc1. The lowest BCUT2D eigenvalue weighted by Crippen LogP contribution is -2.41. The van der Waals surface area contributed by atoms with E-state index in [9.17, 15) is 9.18 Å². The minimum Gasteiger partial charge on any atom is -0.494 e. The molecule has 1 amide bonds. The number of hydrogen-bond acceptors (Lipinski definition) is 4. The van der Waals surface area contributed by atoms with Crippen LogP contribution in [0, 0.1) is 5.82 Å². The van der Waals surface area contributed by atoms with Gasteiger partial charge in [-0.1, -0.05) is 42.5 Å². The number of nitrogens with one attached hydrogen (secondary N) is 1. The first-order valence-corrected chi connectivity index (χ1v) is 13.7. The number of morpholine rings is 1. The normalized spacial score (nSPS) is 14.8. The quantitative estimate of drug-likeness (QED) is 0.290. The van der Waals surface area contributed by atoms with Crippen molar-refractivity contribution in [1.29, 1.82) is 0 Å². The third kappa shape index (κ3) is 6.85. The van der Waals surface area contributed by atoms with Crippen LogP contribution in [-0.4, -0.2) is 61.4 Å². The van der Waals surface area contributed by atoms with E-state index in [1.165, 1.54) is 12.1 Å². The average molecular weight is 530 g/mol. The molecule has 204 valence electrons. The minimum atomic E-state index is -0.244. The first kappa shape index (κ1) is 26.9. The molecule has 7 heteroatoms. The molecule has 0 unspecified atom stereocenters. The van der Waals surface area contributed by atoms with Gasteiger partial charge in [0, 0.05) is 62.2 Å². The highest BCUT2D eigenvalue weighted by atomic mass is 19.1. The van der Waals surface area contributed by atoms with Crippen molar-refractivity contribution in [3.05, 3.63) is 102 Å². The lowest BCUT2D eigenvalue weighted by atomic mass is 9.88. The van der Waals surface area contributed by atoms with E-state index in [2.05, 4.69) is 45.2 Å². The molecule has 1 N–H and O–H groups in total. The Morgan fingerprint density at radius 1 is 1.03 bits per heavy atom. The summed E-state index contributed by atoms with van der Waals surface area (Å²) in [5, 5.41) is 4.25. The third-order valence-corrected chi connectivity index (χ3v) is 7.30. The van der Waals surface area contributed by atoms with Crippen molar-refractivity contribution in [2.75, 3.05) is 46.0 Å². The number of fused-ring (bicyclic) bond motifs is 1. The molecule has 5 rings (SSSR count). The highest BCUT2D eigenvalue weighted by molar-refractivity contribution is 5.86. The van der Waals surface area contributed by atoms with Gasteiger partial charge in [-0.3, -0.25) is 9.69 Å². The van der Waals surface area contributed by atoms with Crippen LogP contribution < -0.4 is 10.1 Å². The number of aromatic nitrogens is 1. The molecule has 2 heterocycles. The van der Waals surface area contributed by atoms with Crippen LogP contribution >= 0.6 is 0 Å². The minimum absolute atomic E-state index is 0.0255. The van der Waals surface area contributed by atoms with Gasteiger partial charge in [0.05, 0.1) is 19.8 Å². The molecule has 4 aromatic rings. The fourth-order valence-electron chi connectivity index (χ4n) is 5.28. The zero-order valence-electron chi connectivity index (χ0n) is 22.4. The Kier molecular flexibility index (Phi) is 8.91. The summed E-state index contributed by atoms with van der Waals surface area (Å²) in [5.74, 6) is 0.460. The van der Waals surface area contributed by atoms with E-state index in [4.69, 9.17) is 9.47 Å². The Balaban J connectivity index is 1.42. The molecule has 1 atom stereocenters. The Morgan fingerprint density at radius 2 is 1.77 bits per heavy atom. The Bertz CT molecular complexity index is 1360. The van der Waals surface area contributed by atoms with E-state index in [1.54, 1.807) is 0 Å². The van der Waals surface area contributed by atoms with E-state index < -0.39 is 0 Å². The molecule has 1 aliphatic rings. The van der Waals surface area contributed by atoms with E-state index >= 15 is 0 Å². The van der Waals surface area contributed by atoms with Gasteiger partial charge < -0.3 is 19.4 Å². The van der Waals surface area contributed by atoms with Crippen LogP contribution in [-0.2, 0) is 16.1 Å². The lowest BCUT2D eigenvalue weighted by Gasteiger charge is -2.26. The summed E-state index contributed by atoms with van der Waals surface area (Å²) in [7, 11) is 0. The van der Waals surface area contributed by atoms with Gasteiger partial charge in [-0.2, -0.15) is 0 Å². The van der Waals surface area contributed by atoms with Gasteiger partial charge in [-0.15, -0.1) is 0 Å². The summed E-state index contributed by atoms with van der Waals surface area (Å²) in [4.78, 5) is 15.6. The van der Waals surface area contributed by atoms with Gasteiger partial charge in [0.25, 0.3) is 0 Å². The van der Waals surface area contributed by atoms with Crippen LogP contribution in [0.5, 0.6) is 5.75 Å². The molecule has 1 fully saturated rings. The van der Waals surface area contributed by atoms with E-state index in [0.717, 1.165) is 66.2 Å². The first-order valence-electron chi connectivity index (χ1n) is 13.7. The molecule has 39 heavy (non-hydrogen) atoms. The topological polar surface area (TPSA) is 55.7 Å². The second kappa shape index (κ2) is 12.9. The van der Waals surface area contributed by atoms with Crippen molar-refractivity contribution in [2.45, 2.75) is 25.8 Å². The predicted octanol–water partition coefficient (Wildman–Crippen LogP) is 5.20. The highest BCUT2D eigenvalue weighted by Crippen LogP contribution is 2.36. The highest BCUT2D eigenvalue weighted by Gasteiger charge is 2.23. The van der Waals surface area contributed by atoms with Gasteiger partial charge in [-0.25, -0.2) is 4.39 Å². The number of para-hydroxylation sites is 1. The summed E-state index contributed by atoms with van der Waals surface area (Å²) in [6.07, 6.45) is 2.48. The Labute approximate surface area is 229 Å². The van der Waals surface area contributed by atoms with Crippen LogP contribution in [0.4, 0.5) is 4.39 Å². The standard InChI is InChI=1S/C32H36FN3O3/c1-2-39-27-13-9-25(10-14-27)29(21-32(37)34-15-16-35-17-19-38-20-18-35)30-23-36(31-6-4-3-5-28(30)31)22-24-7-11-26(33)12-8-24/h3-14,23,29H,2,15-22H2,1H3,(H,34,37)/t29-/m0/s1. The van der Waals surface area contributed by atoms with Gasteiger partial charge >= 0.3 is 0 Å². The molecule has 1 aromatic heterocycles. The number of hydrogen-bond donors (Lipinski definition) is 1. The molecule has 6 nitrogen and oxygen atoms in total. The van der Waals surface area contributed by atoms with Gasteiger partial charge in [0.2, 0.25) is 5.91 Å². The van der Waals surface area contributed by atoms with Crippen LogP contribution in [0.25, 0.3) is 10.9 Å². The molecule has 1 aliphatic heterocycles. The van der Waals surface area contributed by atoms with Crippen LogP contribution in [0.1, 0.15) is 36.0 Å². The fourth-order valence-corrected chi connectivity index (χ4v) is 5.28. The van der Waals surface area contributed by atoms with Crippen molar-refractivity contribution in [3.8, 4) is 5.75 Å². The van der Waals surface area contributed by atoms with Crippen molar-refractivity contribution >= 4 is 16.8 Å². The summed E-state index contributed by atoms with van der Waals surface area (Å²) >= 11 is 0. The maximum atomic E-state index is 13.5. The number of carbonyl (C=O) groups is 1. The van der Waals surface area contributed by atoms with Gasteiger partial charge in [-0.05, 0) is 53.9 Å². The number of rotatable bonds is 11. The van der Waals surface area contributed by atoms with E-state index in [0.29, 0.717) is 26.1 Å². The summed E-state index contributed by atoms with van der Waals surface area (Å²) < 4.78 is 26.8. The van der Waals surface area contributed by atoms with Gasteiger partial charge in [0.1, 0.15) is 11.6 Å². The third-order valence-electron chi connectivity index (χ3n) is 7.30. The Morgan fingerprint density at radius 3 is 2.51 bits per heavy atom. The molecule has 0 aliphatic carbocycles. The van der Waals surface area contributed by atoms with Crippen molar-refractivity contribution in [1.82, 2.24) is 14.8 Å². The fraction of sp³-hybridized carbons (Fsp3) is 0.344. The maximum absolute atomic E-state index is 13.5. The zero-order chi connectivity index (χ0) is 27.0. The lowest BCUT2D eigenvalue weighted by molar-refractivity contribution is -0.121. The second-order valence-electron chi connectivity index (χ2n) is 9.92. The number of halogens is 1. The van der Waals surface area contributed by atoms with Crippen molar-refractivity contribution < 1.29 is 18.7 Å². The summed E-state index contributed by atoms with van der Waals surface area (Å²) in [5.41, 5.74) is 4.26. The van der Waals surface area contributed by atoms with Crippen LogP contribution in [0.3, 0.4) is 0 Å². The number of benzene rings is 3. The molecule has 0 bridgehead atoms. The maximum Gasteiger partial charge on any atom is 0.220 e. The first-order chi connectivity index (χ1) is 19.1. The molecular weight excluding hydrogens is 493 g/mol. The van der Waals surface area contributed by atoms with Crippen molar-refractivity contribution in [3.63, 3.8) is 0 Å². The molecule has 0 saturated carbocycles. The number of amides is 1. The van der Waals surface area contributed by atoms with Crippen LogP contribution in [0.2, 0.25) is 0 Å². The monoisotopic (exact) mass is 529 g/mol. The van der Waals surface area contributed by atoms with E-state index in [1.807, 2.05) is 43.3 Å². The molecular formula is C32H36FN3O3. The predicted molar refractivity (Wildman–Crippen MR) is 152 cm³/mol. The number of ether oxygens (including phenoxy) is 2. The molecule has 1 saturated heterocycles. The molecule has 3 aromatic carbocycles. The smallest absolute Gasteiger partial charge is 0.220 e. The summed E-state index contributed by atoms with van der Waals surface area (Å²) in [6, 6.07) is 22.9. The average Bonchev–Trinajstić information content (AvgIpc) is 3.32. The number of carbonyl (C=O) groups excluding carboxylic acids is 1. The summed E-state index contributed by atoms with van der Waals surface area (Å²) in [6.45, 7) is 7.91. The van der Waals surface area contributed by atoms with Crippen LogP contribution in [0.15, 0.2) is 79.0 Å². The molecule has 0 radical (unpaired) electrons. The Hall–Kier alpha value is -3.68. The number of nitrogens with zero attached hydrogens (tertiary/aromatic N) is 2.